The van der Waals surface area contributed by atoms with Gasteiger partial charge in [0.25, 0.3) is 11.8 Å². The molecule has 2 amide bonds. The molecule has 0 atom stereocenters. The van der Waals surface area contributed by atoms with Crippen molar-refractivity contribution in [3.05, 3.63) is 47.8 Å². The van der Waals surface area contributed by atoms with Crippen molar-refractivity contribution in [1.29, 1.82) is 0 Å². The maximum absolute atomic E-state index is 12.1. The van der Waals surface area contributed by atoms with Crippen LogP contribution in [-0.4, -0.2) is 46.9 Å². The Hall–Kier alpha value is -2.30. The first-order valence-corrected chi connectivity index (χ1v) is 5.74. The Balaban J connectivity index is 1.82. The Labute approximate surface area is 105 Å². The summed E-state index contributed by atoms with van der Waals surface area (Å²) in [5.41, 5.74) is 0.998. The maximum atomic E-state index is 12.1. The highest BCUT2D eigenvalue weighted by molar-refractivity contribution is 6.21. The van der Waals surface area contributed by atoms with Crippen LogP contribution in [0, 0.1) is 0 Å². The molecule has 3 rings (SSSR count). The summed E-state index contributed by atoms with van der Waals surface area (Å²) < 4.78 is 0. The Kier molecular flexibility index (Phi) is 2.33. The van der Waals surface area contributed by atoms with Crippen LogP contribution in [0.2, 0.25) is 0 Å². The number of hydrogen-bond acceptors (Lipinski definition) is 4. The molecule has 0 unspecified atom stereocenters. The molecule has 0 aromatic heterocycles. The van der Waals surface area contributed by atoms with E-state index in [9.17, 15) is 9.59 Å². The van der Waals surface area contributed by atoms with Crippen LogP contribution >= 0.6 is 0 Å². The van der Waals surface area contributed by atoms with Gasteiger partial charge in [0.1, 0.15) is 6.67 Å². The van der Waals surface area contributed by atoms with E-state index in [0.29, 0.717) is 24.5 Å². The van der Waals surface area contributed by atoms with Crippen molar-refractivity contribution in [2.24, 2.45) is 0 Å². The molecule has 0 radical (unpaired) electrons. The Morgan fingerprint density at radius 2 is 1.67 bits per heavy atom. The standard InChI is InChI=1S/C13H13N3O2/c1-14-6-7-15(8-14)9-16-12(17)10-4-2-3-5-11(10)13(16)18/h2-7H,8-9H2,1H3. The highest BCUT2D eigenvalue weighted by Gasteiger charge is 2.35. The fraction of sp³-hybridized carbons (Fsp3) is 0.231. The van der Waals surface area contributed by atoms with Crippen molar-refractivity contribution in [2.45, 2.75) is 0 Å². The summed E-state index contributed by atoms with van der Waals surface area (Å²) in [5.74, 6) is -0.419. The lowest BCUT2D eigenvalue weighted by atomic mass is 10.1. The van der Waals surface area contributed by atoms with Crippen molar-refractivity contribution in [2.75, 3.05) is 20.4 Å². The van der Waals surface area contributed by atoms with Crippen molar-refractivity contribution in [1.82, 2.24) is 14.7 Å². The van der Waals surface area contributed by atoms with E-state index >= 15 is 0 Å². The number of hydrogen-bond donors (Lipinski definition) is 0. The minimum atomic E-state index is -0.210. The fourth-order valence-corrected chi connectivity index (χ4v) is 2.23. The van der Waals surface area contributed by atoms with Crippen LogP contribution in [0.5, 0.6) is 0 Å². The lowest BCUT2D eigenvalue weighted by Crippen LogP contribution is -2.39. The fourth-order valence-electron chi connectivity index (χ4n) is 2.23. The van der Waals surface area contributed by atoms with Gasteiger partial charge in [-0.15, -0.1) is 0 Å². The highest BCUT2D eigenvalue weighted by Crippen LogP contribution is 2.23. The second-order valence-corrected chi connectivity index (χ2v) is 4.51. The summed E-state index contributed by atoms with van der Waals surface area (Å²) in [6.07, 6.45) is 3.79. The molecular weight excluding hydrogens is 230 g/mol. The first-order chi connectivity index (χ1) is 8.66. The molecule has 92 valence electrons. The number of carbonyl (C=O) groups excluding carboxylic acids is 2. The van der Waals surface area contributed by atoms with Gasteiger partial charge in [-0.25, -0.2) is 0 Å². The number of imide groups is 1. The first kappa shape index (κ1) is 10.8. The smallest absolute Gasteiger partial charge is 0.263 e. The molecule has 0 aliphatic carbocycles. The lowest BCUT2D eigenvalue weighted by Gasteiger charge is -2.23. The van der Waals surface area contributed by atoms with Crippen LogP contribution < -0.4 is 0 Å². The molecule has 5 nitrogen and oxygen atoms in total. The molecule has 0 saturated heterocycles. The number of benzene rings is 1. The third-order valence-electron chi connectivity index (χ3n) is 3.14. The van der Waals surface area contributed by atoms with Gasteiger partial charge in [-0.3, -0.25) is 14.5 Å². The van der Waals surface area contributed by atoms with Crippen molar-refractivity contribution in [3.63, 3.8) is 0 Å². The molecule has 0 spiro atoms. The molecule has 2 aliphatic heterocycles. The van der Waals surface area contributed by atoms with Crippen LogP contribution in [0.4, 0.5) is 0 Å². The van der Waals surface area contributed by atoms with E-state index in [4.69, 9.17) is 0 Å². The van der Waals surface area contributed by atoms with Crippen LogP contribution in [0.3, 0.4) is 0 Å². The van der Waals surface area contributed by atoms with Gasteiger partial charge in [0.15, 0.2) is 0 Å². The molecular formula is C13H13N3O2. The van der Waals surface area contributed by atoms with E-state index in [1.807, 2.05) is 29.2 Å². The number of carbonyl (C=O) groups is 2. The van der Waals surface area contributed by atoms with E-state index < -0.39 is 0 Å². The zero-order valence-corrected chi connectivity index (χ0v) is 10.0. The lowest BCUT2D eigenvalue weighted by molar-refractivity contribution is 0.0571. The van der Waals surface area contributed by atoms with E-state index in [0.717, 1.165) is 0 Å². The van der Waals surface area contributed by atoms with Crippen LogP contribution in [0.1, 0.15) is 20.7 Å². The minimum Gasteiger partial charge on any atom is -0.362 e. The molecule has 1 aromatic rings. The molecule has 1 aromatic carbocycles. The van der Waals surface area contributed by atoms with Gasteiger partial charge in [0, 0.05) is 19.4 Å². The van der Waals surface area contributed by atoms with E-state index in [1.165, 1.54) is 4.90 Å². The Bertz CT molecular complexity index is 518. The normalized spacial score (nSPS) is 17.9. The first-order valence-electron chi connectivity index (χ1n) is 5.74. The zero-order chi connectivity index (χ0) is 12.7. The van der Waals surface area contributed by atoms with Crippen molar-refractivity contribution in [3.8, 4) is 0 Å². The van der Waals surface area contributed by atoms with Gasteiger partial charge in [-0.05, 0) is 12.1 Å². The van der Waals surface area contributed by atoms with Crippen LogP contribution in [0.25, 0.3) is 0 Å². The van der Waals surface area contributed by atoms with Gasteiger partial charge in [-0.2, -0.15) is 0 Å². The molecule has 5 heteroatoms. The average Bonchev–Trinajstić information content (AvgIpc) is 2.88. The van der Waals surface area contributed by atoms with Gasteiger partial charge >= 0.3 is 0 Å². The second-order valence-electron chi connectivity index (χ2n) is 4.51. The summed E-state index contributed by atoms with van der Waals surface area (Å²) in [6.45, 7) is 0.987. The van der Waals surface area contributed by atoms with Crippen LogP contribution in [-0.2, 0) is 0 Å². The highest BCUT2D eigenvalue weighted by atomic mass is 16.2. The third-order valence-corrected chi connectivity index (χ3v) is 3.14. The predicted octanol–water partition coefficient (Wildman–Crippen LogP) is 0.916. The Morgan fingerprint density at radius 3 is 2.17 bits per heavy atom. The van der Waals surface area contributed by atoms with Crippen molar-refractivity contribution >= 4 is 11.8 Å². The van der Waals surface area contributed by atoms with Gasteiger partial charge in [-0.1, -0.05) is 12.1 Å². The molecule has 0 N–H and O–H groups in total. The largest absolute Gasteiger partial charge is 0.362 e. The molecule has 0 fully saturated rings. The summed E-state index contributed by atoms with van der Waals surface area (Å²) in [5, 5.41) is 0. The number of rotatable bonds is 2. The maximum Gasteiger partial charge on any atom is 0.263 e. The monoisotopic (exact) mass is 243 g/mol. The number of nitrogens with zero attached hydrogens (tertiary/aromatic N) is 3. The minimum absolute atomic E-state index is 0.210. The van der Waals surface area contributed by atoms with E-state index in [-0.39, 0.29) is 11.8 Å². The average molecular weight is 243 g/mol. The van der Waals surface area contributed by atoms with Gasteiger partial charge in [0.05, 0.1) is 17.8 Å². The molecule has 0 bridgehead atoms. The molecule has 0 saturated carbocycles. The van der Waals surface area contributed by atoms with Gasteiger partial charge < -0.3 is 9.80 Å². The van der Waals surface area contributed by atoms with Crippen molar-refractivity contribution < 1.29 is 9.59 Å². The quantitative estimate of drug-likeness (QED) is 0.724. The summed E-state index contributed by atoms with van der Waals surface area (Å²) in [6, 6.07) is 6.94. The summed E-state index contributed by atoms with van der Waals surface area (Å²) in [7, 11) is 1.94. The SMILES string of the molecule is CN1C=CN(CN2C(=O)c3ccccc3C2=O)C1. The molecule has 2 heterocycles. The Morgan fingerprint density at radius 1 is 1.06 bits per heavy atom. The second kappa shape index (κ2) is 3.87. The van der Waals surface area contributed by atoms with E-state index in [2.05, 4.69) is 0 Å². The van der Waals surface area contributed by atoms with Crippen LogP contribution in [0.15, 0.2) is 36.7 Å². The zero-order valence-electron chi connectivity index (χ0n) is 10.0. The van der Waals surface area contributed by atoms with Gasteiger partial charge in [0.2, 0.25) is 0 Å². The molecule has 2 aliphatic rings. The molecule has 18 heavy (non-hydrogen) atoms. The predicted molar refractivity (Wildman–Crippen MR) is 65.4 cm³/mol. The third kappa shape index (κ3) is 1.55. The topological polar surface area (TPSA) is 43.9 Å². The van der Waals surface area contributed by atoms with E-state index in [1.54, 1.807) is 24.3 Å². The number of fused-ring (bicyclic) bond motifs is 1. The number of amides is 2. The summed E-state index contributed by atoms with van der Waals surface area (Å²) >= 11 is 0. The summed E-state index contributed by atoms with van der Waals surface area (Å²) in [4.78, 5) is 29.4.